The predicted octanol–water partition coefficient (Wildman–Crippen LogP) is -0.0497. The molecule has 0 aromatic heterocycles. The average Bonchev–Trinajstić information content (AvgIpc) is 2.43. The van der Waals surface area contributed by atoms with Crippen LogP contribution in [-0.4, -0.2) is 29.6 Å². The number of nitrogens with one attached hydrogen (secondary N) is 1. The van der Waals surface area contributed by atoms with Gasteiger partial charge in [0.05, 0.1) is 12.1 Å². The zero-order valence-electron chi connectivity index (χ0n) is 12.1. The Hall–Kier alpha value is -2.28. The van der Waals surface area contributed by atoms with Gasteiger partial charge < -0.3 is 27.6 Å². The fourth-order valence-corrected chi connectivity index (χ4v) is 1.82. The summed E-state index contributed by atoms with van der Waals surface area (Å²) < 4.78 is 0. The summed E-state index contributed by atoms with van der Waals surface area (Å²) in [6, 6.07) is 5.88. The van der Waals surface area contributed by atoms with Crippen LogP contribution in [0.4, 0.5) is 0 Å². The van der Waals surface area contributed by atoms with Gasteiger partial charge >= 0.3 is 0 Å². The van der Waals surface area contributed by atoms with Crippen molar-refractivity contribution in [2.75, 3.05) is 6.54 Å². The third-order valence-corrected chi connectivity index (χ3v) is 3.06. The fourth-order valence-electron chi connectivity index (χ4n) is 1.82. The number of guanidine groups is 1. The lowest BCUT2D eigenvalue weighted by atomic mass is 10.1. The number of carbonyl (C=O) groups excluding carboxylic acids is 1. The standard InChI is InChI=1S/C14H23N5O2/c1-9(10-4-6-11(20)7-5-10)19-13(21)12(15)3-2-8-18-14(16)17/h4-7,9,12,20H,2-3,8,15H2,1H3,(H,19,21)(H4,16,17,18)/t9?,12-/m1/s1. The molecule has 1 aromatic rings. The van der Waals surface area contributed by atoms with Gasteiger partial charge in [0.15, 0.2) is 5.96 Å². The molecule has 0 bridgehead atoms. The highest BCUT2D eigenvalue weighted by atomic mass is 16.3. The van der Waals surface area contributed by atoms with E-state index in [1.165, 1.54) is 0 Å². The second-order valence-electron chi connectivity index (χ2n) is 4.88. The lowest BCUT2D eigenvalue weighted by Crippen LogP contribution is -2.41. The van der Waals surface area contributed by atoms with Gasteiger partial charge in [0, 0.05) is 6.54 Å². The Kier molecular flexibility index (Phi) is 6.48. The number of phenols is 1. The van der Waals surface area contributed by atoms with Crippen LogP contribution in [0.5, 0.6) is 5.75 Å². The quantitative estimate of drug-likeness (QED) is 0.272. The Morgan fingerprint density at radius 2 is 1.95 bits per heavy atom. The molecular weight excluding hydrogens is 270 g/mol. The van der Waals surface area contributed by atoms with Gasteiger partial charge in [-0.1, -0.05) is 12.1 Å². The van der Waals surface area contributed by atoms with E-state index in [9.17, 15) is 9.90 Å². The maximum atomic E-state index is 12.0. The number of nitrogens with two attached hydrogens (primary N) is 3. The summed E-state index contributed by atoms with van der Waals surface area (Å²) in [7, 11) is 0. The van der Waals surface area contributed by atoms with E-state index in [2.05, 4.69) is 10.3 Å². The Bertz CT molecular complexity index is 483. The summed E-state index contributed by atoms with van der Waals surface area (Å²) >= 11 is 0. The molecule has 0 saturated carbocycles. The molecule has 0 spiro atoms. The number of amides is 1. The van der Waals surface area contributed by atoms with Crippen molar-refractivity contribution in [3.8, 4) is 5.75 Å². The maximum Gasteiger partial charge on any atom is 0.237 e. The third-order valence-electron chi connectivity index (χ3n) is 3.06. The van der Waals surface area contributed by atoms with Crippen LogP contribution >= 0.6 is 0 Å². The minimum Gasteiger partial charge on any atom is -0.508 e. The second-order valence-corrected chi connectivity index (χ2v) is 4.88. The molecule has 0 radical (unpaired) electrons. The van der Waals surface area contributed by atoms with E-state index in [0.717, 1.165) is 5.56 Å². The molecule has 1 rings (SSSR count). The number of aromatic hydroxyl groups is 1. The Morgan fingerprint density at radius 1 is 1.33 bits per heavy atom. The SMILES string of the molecule is CC(NC(=O)[C@H](N)CCCN=C(N)N)c1ccc(O)cc1. The monoisotopic (exact) mass is 293 g/mol. The molecule has 21 heavy (non-hydrogen) atoms. The van der Waals surface area contributed by atoms with Gasteiger partial charge in [-0.05, 0) is 37.5 Å². The number of nitrogens with zero attached hydrogens (tertiary/aromatic N) is 1. The van der Waals surface area contributed by atoms with E-state index in [1.54, 1.807) is 24.3 Å². The molecule has 0 heterocycles. The summed E-state index contributed by atoms with van der Waals surface area (Å²) in [5.41, 5.74) is 17.1. The highest BCUT2D eigenvalue weighted by molar-refractivity contribution is 5.81. The number of hydrogen-bond acceptors (Lipinski definition) is 4. The molecular formula is C14H23N5O2. The van der Waals surface area contributed by atoms with Crippen LogP contribution in [0.2, 0.25) is 0 Å². The third kappa shape index (κ3) is 6.13. The largest absolute Gasteiger partial charge is 0.508 e. The van der Waals surface area contributed by atoms with Crippen molar-refractivity contribution >= 4 is 11.9 Å². The molecule has 0 aliphatic carbocycles. The molecule has 1 amide bonds. The van der Waals surface area contributed by atoms with E-state index in [1.807, 2.05) is 6.92 Å². The summed E-state index contributed by atoms with van der Waals surface area (Å²) in [4.78, 5) is 15.8. The van der Waals surface area contributed by atoms with Crippen molar-refractivity contribution in [1.29, 1.82) is 0 Å². The van der Waals surface area contributed by atoms with Crippen molar-refractivity contribution in [2.24, 2.45) is 22.2 Å². The molecule has 116 valence electrons. The number of carbonyl (C=O) groups is 1. The summed E-state index contributed by atoms with van der Waals surface area (Å²) in [6.45, 7) is 2.31. The first-order valence-electron chi connectivity index (χ1n) is 6.80. The van der Waals surface area contributed by atoms with Gasteiger partial charge in [-0.3, -0.25) is 9.79 Å². The summed E-state index contributed by atoms with van der Waals surface area (Å²) in [6.07, 6.45) is 1.14. The molecule has 2 atom stereocenters. The zero-order chi connectivity index (χ0) is 15.8. The van der Waals surface area contributed by atoms with Crippen molar-refractivity contribution < 1.29 is 9.90 Å². The van der Waals surface area contributed by atoms with Crippen molar-refractivity contribution in [3.63, 3.8) is 0 Å². The van der Waals surface area contributed by atoms with Gasteiger partial charge in [-0.25, -0.2) is 0 Å². The van der Waals surface area contributed by atoms with Crippen LogP contribution in [0.3, 0.4) is 0 Å². The molecule has 0 aliphatic rings. The molecule has 0 fully saturated rings. The first-order valence-corrected chi connectivity index (χ1v) is 6.80. The van der Waals surface area contributed by atoms with Crippen LogP contribution in [0, 0.1) is 0 Å². The molecule has 8 N–H and O–H groups in total. The van der Waals surface area contributed by atoms with Crippen molar-refractivity contribution in [1.82, 2.24) is 5.32 Å². The molecule has 7 heteroatoms. The van der Waals surface area contributed by atoms with E-state index < -0.39 is 6.04 Å². The number of hydrogen-bond donors (Lipinski definition) is 5. The highest BCUT2D eigenvalue weighted by Gasteiger charge is 2.16. The second kappa shape index (κ2) is 8.11. The van der Waals surface area contributed by atoms with Gasteiger partial charge in [0.2, 0.25) is 5.91 Å². The molecule has 1 unspecified atom stereocenters. The zero-order valence-corrected chi connectivity index (χ0v) is 12.1. The van der Waals surface area contributed by atoms with Gasteiger partial charge in [-0.2, -0.15) is 0 Å². The molecule has 0 aliphatic heterocycles. The molecule has 7 nitrogen and oxygen atoms in total. The fraction of sp³-hybridized carbons (Fsp3) is 0.429. The average molecular weight is 293 g/mol. The Labute approximate surface area is 124 Å². The minimum atomic E-state index is -0.598. The van der Waals surface area contributed by atoms with Gasteiger partial charge in [0.1, 0.15) is 5.75 Å². The number of aliphatic imine (C=N–C) groups is 1. The minimum absolute atomic E-state index is 0.0361. The van der Waals surface area contributed by atoms with Crippen LogP contribution < -0.4 is 22.5 Å². The van der Waals surface area contributed by atoms with E-state index in [0.29, 0.717) is 19.4 Å². The van der Waals surface area contributed by atoms with Crippen LogP contribution in [-0.2, 0) is 4.79 Å². The van der Waals surface area contributed by atoms with E-state index in [4.69, 9.17) is 17.2 Å². The van der Waals surface area contributed by atoms with Crippen molar-refractivity contribution in [2.45, 2.75) is 31.8 Å². The van der Waals surface area contributed by atoms with Gasteiger partial charge in [-0.15, -0.1) is 0 Å². The molecule has 0 saturated heterocycles. The molecule has 1 aromatic carbocycles. The lowest BCUT2D eigenvalue weighted by molar-refractivity contribution is -0.123. The number of phenolic OH excluding ortho intramolecular Hbond substituents is 1. The van der Waals surface area contributed by atoms with Crippen molar-refractivity contribution in [3.05, 3.63) is 29.8 Å². The Balaban J connectivity index is 2.41. The van der Waals surface area contributed by atoms with Crippen LogP contribution in [0.25, 0.3) is 0 Å². The van der Waals surface area contributed by atoms with E-state index >= 15 is 0 Å². The summed E-state index contributed by atoms with van der Waals surface area (Å²) in [5.74, 6) is 0.00274. The lowest BCUT2D eigenvalue weighted by Gasteiger charge is -2.17. The highest BCUT2D eigenvalue weighted by Crippen LogP contribution is 2.16. The van der Waals surface area contributed by atoms with E-state index in [-0.39, 0.29) is 23.7 Å². The number of benzene rings is 1. The van der Waals surface area contributed by atoms with Crippen LogP contribution in [0.1, 0.15) is 31.4 Å². The normalized spacial score (nSPS) is 13.2. The van der Waals surface area contributed by atoms with Crippen LogP contribution in [0.15, 0.2) is 29.3 Å². The van der Waals surface area contributed by atoms with Gasteiger partial charge in [0.25, 0.3) is 0 Å². The Morgan fingerprint density at radius 3 is 2.52 bits per heavy atom. The smallest absolute Gasteiger partial charge is 0.237 e. The maximum absolute atomic E-state index is 12.0. The first kappa shape index (κ1) is 16.8. The predicted molar refractivity (Wildman–Crippen MR) is 82.6 cm³/mol. The first-order chi connectivity index (χ1) is 9.90. The number of rotatable bonds is 7. The topological polar surface area (TPSA) is 140 Å². The summed E-state index contributed by atoms with van der Waals surface area (Å²) in [5, 5.41) is 12.1.